The molecule has 2 bridgehead atoms. The molecule has 0 aliphatic heterocycles. The Morgan fingerprint density at radius 3 is 1.62 bits per heavy atom. The summed E-state index contributed by atoms with van der Waals surface area (Å²) >= 11 is 0. The Labute approximate surface area is 121 Å². The molecule has 0 aromatic heterocycles. The van der Waals surface area contributed by atoms with Crippen LogP contribution in [-0.4, -0.2) is 24.9 Å². The van der Waals surface area contributed by atoms with Crippen LogP contribution in [0.15, 0.2) is 0 Å². The molecule has 6 unspecified atom stereocenters. The van der Waals surface area contributed by atoms with Gasteiger partial charge >= 0.3 is 24.9 Å². The molecule has 21 heavy (non-hydrogen) atoms. The number of fused-ring (bicyclic) bond motifs is 8. The zero-order chi connectivity index (χ0) is 14.7. The fourth-order valence-corrected chi connectivity index (χ4v) is 5.90. The Morgan fingerprint density at radius 2 is 1.19 bits per heavy atom. The third-order valence-electron chi connectivity index (χ3n) is 6.54. The van der Waals surface area contributed by atoms with E-state index in [0.717, 1.165) is 19.3 Å². The number of esters is 2. The van der Waals surface area contributed by atoms with E-state index < -0.39 is 11.9 Å². The van der Waals surface area contributed by atoms with Crippen molar-refractivity contribution >= 4 is 24.9 Å². The standard InChI is InChI=1S/C15H16O6/c16-4-20-14(18)10-2-7-6-1-9(12(7)10)13-8(6)3-11(13)15(19)21-5-17/h4-13H,1-3H2. The lowest BCUT2D eigenvalue weighted by molar-refractivity contribution is -0.178. The third kappa shape index (κ3) is 1.53. The van der Waals surface area contributed by atoms with Crippen molar-refractivity contribution in [2.75, 3.05) is 0 Å². The van der Waals surface area contributed by atoms with Crippen molar-refractivity contribution in [3.05, 3.63) is 0 Å². The molecule has 0 saturated heterocycles. The van der Waals surface area contributed by atoms with Gasteiger partial charge in [-0.15, -0.1) is 0 Å². The largest absolute Gasteiger partial charge is 0.395 e. The molecule has 4 aliphatic rings. The number of carbonyl (C=O) groups is 4. The normalized spacial score (nSPS) is 48.2. The number of hydrogen-bond acceptors (Lipinski definition) is 6. The van der Waals surface area contributed by atoms with Crippen LogP contribution in [0.1, 0.15) is 19.3 Å². The van der Waals surface area contributed by atoms with Crippen molar-refractivity contribution in [1.82, 2.24) is 0 Å². The average Bonchev–Trinajstić information content (AvgIpc) is 2.74. The number of carbonyl (C=O) groups excluding carboxylic acids is 4. The Balaban J connectivity index is 1.49. The van der Waals surface area contributed by atoms with Gasteiger partial charge in [-0.1, -0.05) is 0 Å². The fraction of sp³-hybridized carbons (Fsp3) is 0.733. The summed E-state index contributed by atoms with van der Waals surface area (Å²) in [6.45, 7) is 0.387. The molecule has 4 aliphatic carbocycles. The summed E-state index contributed by atoms with van der Waals surface area (Å²) in [6.07, 6.45) is 2.68. The smallest absolute Gasteiger partial charge is 0.316 e. The lowest BCUT2D eigenvalue weighted by Gasteiger charge is -2.57. The first-order valence-corrected chi connectivity index (χ1v) is 7.45. The van der Waals surface area contributed by atoms with E-state index in [0.29, 0.717) is 23.7 Å². The van der Waals surface area contributed by atoms with Crippen LogP contribution in [0.5, 0.6) is 0 Å². The third-order valence-corrected chi connectivity index (χ3v) is 6.54. The molecule has 0 aromatic carbocycles. The molecule has 0 N–H and O–H groups in total. The van der Waals surface area contributed by atoms with Crippen molar-refractivity contribution in [2.45, 2.75) is 19.3 Å². The number of ether oxygens (including phenoxy) is 2. The van der Waals surface area contributed by atoms with E-state index in [4.69, 9.17) is 0 Å². The SMILES string of the molecule is O=COC(=O)C1CC2C3CC(C12)C1C(C(=O)OC=O)CC31. The van der Waals surface area contributed by atoms with Crippen molar-refractivity contribution in [3.63, 3.8) is 0 Å². The molecule has 4 saturated carbocycles. The number of rotatable bonds is 4. The van der Waals surface area contributed by atoms with Crippen LogP contribution in [-0.2, 0) is 28.7 Å². The Kier molecular flexibility index (Phi) is 2.71. The van der Waals surface area contributed by atoms with Crippen LogP contribution in [0.3, 0.4) is 0 Å². The molecule has 0 amide bonds. The summed E-state index contributed by atoms with van der Waals surface area (Å²) in [5.74, 6) is 1.26. The molecular formula is C15H16O6. The topological polar surface area (TPSA) is 86.7 Å². The van der Waals surface area contributed by atoms with Crippen LogP contribution in [0, 0.1) is 47.3 Å². The van der Waals surface area contributed by atoms with E-state index in [1.54, 1.807) is 0 Å². The highest BCUT2D eigenvalue weighted by molar-refractivity contribution is 5.81. The maximum absolute atomic E-state index is 11.8. The minimum atomic E-state index is -0.429. The molecule has 112 valence electrons. The predicted octanol–water partition coefficient (Wildman–Crippen LogP) is 0.540. The van der Waals surface area contributed by atoms with Gasteiger partial charge in [-0.05, 0) is 54.8 Å². The van der Waals surface area contributed by atoms with Gasteiger partial charge in [0.15, 0.2) is 0 Å². The highest BCUT2D eigenvalue weighted by Gasteiger charge is 2.71. The summed E-state index contributed by atoms with van der Waals surface area (Å²) in [5, 5.41) is 0. The van der Waals surface area contributed by atoms with Crippen molar-refractivity contribution in [2.24, 2.45) is 47.3 Å². The van der Waals surface area contributed by atoms with Crippen LogP contribution < -0.4 is 0 Å². The van der Waals surface area contributed by atoms with E-state index in [1.165, 1.54) is 0 Å². The quantitative estimate of drug-likeness (QED) is 0.427. The molecule has 0 aromatic rings. The zero-order valence-corrected chi connectivity index (χ0v) is 11.3. The maximum Gasteiger partial charge on any atom is 0.316 e. The Morgan fingerprint density at radius 1 is 0.714 bits per heavy atom. The second-order valence-corrected chi connectivity index (χ2v) is 6.80. The van der Waals surface area contributed by atoms with Gasteiger partial charge in [0.1, 0.15) is 0 Å². The molecular weight excluding hydrogens is 276 g/mol. The molecule has 6 nitrogen and oxygen atoms in total. The molecule has 0 heterocycles. The summed E-state index contributed by atoms with van der Waals surface area (Å²) in [7, 11) is 0. The Bertz CT molecular complexity index is 484. The molecule has 0 radical (unpaired) electrons. The van der Waals surface area contributed by atoms with Gasteiger partial charge in [0.25, 0.3) is 0 Å². The first-order valence-electron chi connectivity index (χ1n) is 7.45. The predicted molar refractivity (Wildman–Crippen MR) is 66.1 cm³/mol. The monoisotopic (exact) mass is 292 g/mol. The highest BCUT2D eigenvalue weighted by Crippen LogP contribution is 2.73. The molecule has 4 fully saturated rings. The minimum absolute atomic E-state index is 0.194. The van der Waals surface area contributed by atoms with Gasteiger partial charge < -0.3 is 9.47 Å². The molecule has 0 spiro atoms. The minimum Gasteiger partial charge on any atom is -0.395 e. The zero-order valence-electron chi connectivity index (χ0n) is 11.3. The second-order valence-electron chi connectivity index (χ2n) is 6.80. The lowest BCUT2D eigenvalue weighted by atomic mass is 9.47. The molecule has 4 rings (SSSR count). The summed E-state index contributed by atoms with van der Waals surface area (Å²) < 4.78 is 8.99. The van der Waals surface area contributed by atoms with Gasteiger partial charge in [0.05, 0.1) is 11.8 Å². The van der Waals surface area contributed by atoms with Crippen LogP contribution in [0.2, 0.25) is 0 Å². The number of hydrogen-bond donors (Lipinski definition) is 0. The van der Waals surface area contributed by atoms with Crippen molar-refractivity contribution < 1.29 is 28.7 Å². The van der Waals surface area contributed by atoms with E-state index in [2.05, 4.69) is 9.47 Å². The highest BCUT2D eigenvalue weighted by atomic mass is 16.6. The maximum atomic E-state index is 11.8. The fourth-order valence-electron chi connectivity index (χ4n) is 5.90. The summed E-state index contributed by atoms with van der Waals surface area (Å²) in [4.78, 5) is 44.2. The van der Waals surface area contributed by atoms with Gasteiger partial charge in [0.2, 0.25) is 0 Å². The van der Waals surface area contributed by atoms with Gasteiger partial charge in [0, 0.05) is 0 Å². The first kappa shape index (κ1) is 13.0. The van der Waals surface area contributed by atoms with E-state index in [1.807, 2.05) is 0 Å². The van der Waals surface area contributed by atoms with Gasteiger partial charge in [-0.3, -0.25) is 19.2 Å². The molecule has 6 atom stereocenters. The summed E-state index contributed by atoms with van der Waals surface area (Å²) in [5.41, 5.74) is 0. The Hall–Kier alpha value is -1.72. The van der Waals surface area contributed by atoms with E-state index >= 15 is 0 Å². The summed E-state index contributed by atoms with van der Waals surface area (Å²) in [6, 6.07) is 0. The second kappa shape index (κ2) is 4.39. The van der Waals surface area contributed by atoms with Crippen LogP contribution >= 0.6 is 0 Å². The molecule has 6 heteroatoms. The van der Waals surface area contributed by atoms with E-state index in [9.17, 15) is 19.2 Å². The van der Waals surface area contributed by atoms with Gasteiger partial charge in [-0.2, -0.15) is 0 Å². The average molecular weight is 292 g/mol. The van der Waals surface area contributed by atoms with Crippen molar-refractivity contribution in [1.29, 1.82) is 0 Å². The van der Waals surface area contributed by atoms with Gasteiger partial charge in [-0.25, -0.2) is 0 Å². The van der Waals surface area contributed by atoms with E-state index in [-0.39, 0.29) is 36.6 Å². The van der Waals surface area contributed by atoms with Crippen LogP contribution in [0.25, 0.3) is 0 Å². The van der Waals surface area contributed by atoms with Crippen molar-refractivity contribution in [3.8, 4) is 0 Å². The first-order chi connectivity index (χ1) is 10.2. The van der Waals surface area contributed by atoms with Crippen LogP contribution in [0.4, 0.5) is 0 Å². The lowest BCUT2D eigenvalue weighted by Crippen LogP contribution is -2.56.